The molecule has 0 spiro atoms. The van der Waals surface area contributed by atoms with E-state index in [1.54, 1.807) is 17.6 Å². The molecule has 5 nitrogen and oxygen atoms in total. The molecule has 0 aromatic carbocycles. The maximum absolute atomic E-state index is 12.6. The van der Waals surface area contributed by atoms with Crippen LogP contribution < -0.4 is 5.32 Å². The van der Waals surface area contributed by atoms with Gasteiger partial charge in [-0.2, -0.15) is 11.3 Å². The molecule has 2 fully saturated rings. The summed E-state index contributed by atoms with van der Waals surface area (Å²) >= 11 is 1.72. The average Bonchev–Trinajstić information content (AvgIpc) is 3.33. The molecule has 6 heteroatoms. The van der Waals surface area contributed by atoms with Gasteiger partial charge in [0.1, 0.15) is 5.76 Å². The molecule has 1 N–H and O–H groups in total. The third-order valence-electron chi connectivity index (χ3n) is 4.97. The molecular weight excluding hydrogens is 324 g/mol. The number of fused-ring (bicyclic) bond motifs is 1. The summed E-state index contributed by atoms with van der Waals surface area (Å²) in [5.41, 5.74) is 1.32. The van der Waals surface area contributed by atoms with Crippen LogP contribution in [0.1, 0.15) is 24.2 Å². The Balaban J connectivity index is 1.40. The zero-order valence-electron chi connectivity index (χ0n) is 13.5. The van der Waals surface area contributed by atoms with E-state index in [1.165, 1.54) is 5.56 Å². The highest BCUT2D eigenvalue weighted by molar-refractivity contribution is 7.07. The highest BCUT2D eigenvalue weighted by Gasteiger charge is 2.42. The Kier molecular flexibility index (Phi) is 4.69. The van der Waals surface area contributed by atoms with Crippen LogP contribution in [0.15, 0.2) is 39.6 Å². The van der Waals surface area contributed by atoms with Crippen LogP contribution in [0.2, 0.25) is 0 Å². The Hall–Kier alpha value is -1.63. The van der Waals surface area contributed by atoms with Gasteiger partial charge in [-0.3, -0.25) is 9.69 Å². The number of hydrogen-bond donors (Lipinski definition) is 1. The molecule has 0 bridgehead atoms. The highest BCUT2D eigenvalue weighted by Crippen LogP contribution is 2.32. The number of nitrogens with one attached hydrogen (secondary N) is 1. The van der Waals surface area contributed by atoms with Gasteiger partial charge in [0.05, 0.1) is 24.8 Å². The Bertz CT molecular complexity index is 656. The zero-order valence-corrected chi connectivity index (χ0v) is 14.3. The monoisotopic (exact) mass is 346 g/mol. The predicted molar refractivity (Wildman–Crippen MR) is 91.5 cm³/mol. The first kappa shape index (κ1) is 15.9. The molecule has 0 radical (unpaired) electrons. The van der Waals surface area contributed by atoms with Gasteiger partial charge >= 0.3 is 0 Å². The van der Waals surface area contributed by atoms with E-state index in [4.69, 9.17) is 9.15 Å². The number of rotatable bonds is 5. The summed E-state index contributed by atoms with van der Waals surface area (Å²) in [7, 11) is 0. The average molecular weight is 346 g/mol. The SMILES string of the molecule is O=C(NCc1ccco1)[C@@H]1C[C@H]2OCC[C@H]2N(Cc2ccsc2)C1. The molecule has 3 atom stereocenters. The van der Waals surface area contributed by atoms with Crippen molar-refractivity contribution < 1.29 is 13.9 Å². The molecule has 2 saturated heterocycles. The molecule has 4 heterocycles. The van der Waals surface area contributed by atoms with Crippen LogP contribution in [0.25, 0.3) is 0 Å². The lowest BCUT2D eigenvalue weighted by Crippen LogP contribution is -2.52. The molecule has 24 heavy (non-hydrogen) atoms. The quantitative estimate of drug-likeness (QED) is 0.904. The predicted octanol–water partition coefficient (Wildman–Crippen LogP) is 2.64. The summed E-state index contributed by atoms with van der Waals surface area (Å²) < 4.78 is 11.2. The van der Waals surface area contributed by atoms with Crippen molar-refractivity contribution in [3.63, 3.8) is 0 Å². The van der Waals surface area contributed by atoms with Crippen molar-refractivity contribution in [1.29, 1.82) is 0 Å². The molecule has 128 valence electrons. The molecule has 4 rings (SSSR count). The Labute approximate surface area is 145 Å². The van der Waals surface area contributed by atoms with Gasteiger partial charge in [0.2, 0.25) is 5.91 Å². The summed E-state index contributed by atoms with van der Waals surface area (Å²) in [6.07, 6.45) is 3.68. The molecule has 2 aromatic rings. The number of carbonyl (C=O) groups excluding carboxylic acids is 1. The van der Waals surface area contributed by atoms with Crippen molar-refractivity contribution in [2.75, 3.05) is 13.2 Å². The van der Waals surface area contributed by atoms with Gasteiger partial charge in [-0.15, -0.1) is 0 Å². The third kappa shape index (κ3) is 3.41. The largest absolute Gasteiger partial charge is 0.467 e. The van der Waals surface area contributed by atoms with E-state index in [1.807, 2.05) is 12.1 Å². The van der Waals surface area contributed by atoms with Crippen LogP contribution in [-0.4, -0.2) is 36.1 Å². The number of furan rings is 1. The molecule has 2 aliphatic heterocycles. The number of ether oxygens (including phenoxy) is 1. The topological polar surface area (TPSA) is 54.7 Å². The standard InChI is InChI=1S/C18H22N2O3S/c21-18(19-9-15-2-1-5-22-15)14-8-17-16(3-6-23-17)20(11-14)10-13-4-7-24-12-13/h1-2,4-5,7,12,14,16-17H,3,6,8-11H2,(H,19,21)/t14-,16-,17-/m1/s1. The van der Waals surface area contributed by atoms with Gasteiger partial charge in [0, 0.05) is 25.7 Å². The number of nitrogens with zero attached hydrogens (tertiary/aromatic N) is 1. The summed E-state index contributed by atoms with van der Waals surface area (Å²) in [5, 5.41) is 7.29. The van der Waals surface area contributed by atoms with Crippen LogP contribution in [0, 0.1) is 5.92 Å². The lowest BCUT2D eigenvalue weighted by molar-refractivity contribution is -0.130. The van der Waals surface area contributed by atoms with E-state index in [0.717, 1.165) is 38.3 Å². The number of thiophene rings is 1. The maximum atomic E-state index is 12.6. The first-order valence-electron chi connectivity index (χ1n) is 8.46. The molecule has 2 aromatic heterocycles. The van der Waals surface area contributed by atoms with Crippen molar-refractivity contribution in [3.8, 4) is 0 Å². The fraction of sp³-hybridized carbons (Fsp3) is 0.500. The fourth-order valence-electron chi connectivity index (χ4n) is 3.77. The Morgan fingerprint density at radius 3 is 3.17 bits per heavy atom. The Morgan fingerprint density at radius 1 is 1.42 bits per heavy atom. The van der Waals surface area contributed by atoms with Crippen LogP contribution in [0.3, 0.4) is 0 Å². The van der Waals surface area contributed by atoms with Crippen molar-refractivity contribution in [2.45, 2.75) is 38.1 Å². The van der Waals surface area contributed by atoms with Crippen molar-refractivity contribution >= 4 is 17.2 Å². The second-order valence-corrected chi connectivity index (χ2v) is 7.34. The van der Waals surface area contributed by atoms with E-state index in [9.17, 15) is 4.79 Å². The number of hydrogen-bond acceptors (Lipinski definition) is 5. The summed E-state index contributed by atoms with van der Waals surface area (Å²) in [6.45, 7) is 2.94. The van der Waals surface area contributed by atoms with Crippen molar-refractivity contribution in [3.05, 3.63) is 46.5 Å². The first-order chi connectivity index (χ1) is 11.8. The number of piperidine rings is 1. The summed E-state index contributed by atoms with van der Waals surface area (Å²) in [5.74, 6) is 0.845. The van der Waals surface area contributed by atoms with Crippen molar-refractivity contribution in [1.82, 2.24) is 10.2 Å². The van der Waals surface area contributed by atoms with Crippen LogP contribution in [0.5, 0.6) is 0 Å². The molecule has 0 unspecified atom stereocenters. The van der Waals surface area contributed by atoms with Crippen LogP contribution in [-0.2, 0) is 22.6 Å². The number of carbonyl (C=O) groups is 1. The minimum atomic E-state index is -0.0297. The smallest absolute Gasteiger partial charge is 0.224 e. The van der Waals surface area contributed by atoms with E-state index in [-0.39, 0.29) is 17.9 Å². The number of likely N-dealkylation sites (tertiary alicyclic amines) is 1. The van der Waals surface area contributed by atoms with E-state index >= 15 is 0 Å². The lowest BCUT2D eigenvalue weighted by Gasteiger charge is -2.40. The second kappa shape index (κ2) is 7.09. The normalized spacial score (nSPS) is 27.1. The minimum Gasteiger partial charge on any atom is -0.467 e. The van der Waals surface area contributed by atoms with Crippen molar-refractivity contribution in [2.24, 2.45) is 5.92 Å². The molecule has 0 saturated carbocycles. The highest BCUT2D eigenvalue weighted by atomic mass is 32.1. The lowest BCUT2D eigenvalue weighted by atomic mass is 9.89. The van der Waals surface area contributed by atoms with Crippen LogP contribution >= 0.6 is 11.3 Å². The van der Waals surface area contributed by atoms with Gasteiger partial charge in [0.15, 0.2) is 0 Å². The second-order valence-electron chi connectivity index (χ2n) is 6.56. The van der Waals surface area contributed by atoms with E-state index < -0.39 is 0 Å². The maximum Gasteiger partial charge on any atom is 0.224 e. The van der Waals surface area contributed by atoms with Gasteiger partial charge in [-0.25, -0.2) is 0 Å². The van der Waals surface area contributed by atoms with Gasteiger partial charge in [-0.05, 0) is 47.4 Å². The third-order valence-corrected chi connectivity index (χ3v) is 5.70. The molecular formula is C18H22N2O3S. The molecule has 1 amide bonds. The van der Waals surface area contributed by atoms with Crippen LogP contribution in [0.4, 0.5) is 0 Å². The fourth-order valence-corrected chi connectivity index (χ4v) is 4.43. The van der Waals surface area contributed by atoms with E-state index in [0.29, 0.717) is 12.6 Å². The molecule has 0 aliphatic carbocycles. The number of amides is 1. The summed E-state index contributed by atoms with van der Waals surface area (Å²) in [4.78, 5) is 15.0. The minimum absolute atomic E-state index is 0.0297. The zero-order chi connectivity index (χ0) is 16.4. The molecule has 2 aliphatic rings. The van der Waals surface area contributed by atoms with Gasteiger partial charge in [0.25, 0.3) is 0 Å². The Morgan fingerprint density at radius 2 is 2.38 bits per heavy atom. The van der Waals surface area contributed by atoms with Gasteiger partial charge < -0.3 is 14.5 Å². The first-order valence-corrected chi connectivity index (χ1v) is 9.40. The van der Waals surface area contributed by atoms with Gasteiger partial charge in [-0.1, -0.05) is 0 Å². The van der Waals surface area contributed by atoms with E-state index in [2.05, 4.69) is 27.0 Å². The summed E-state index contributed by atoms with van der Waals surface area (Å²) in [6, 6.07) is 6.32.